The van der Waals surface area contributed by atoms with Crippen LogP contribution in [0.1, 0.15) is 78.6 Å². The molecule has 150 valence electrons. The quantitative estimate of drug-likeness (QED) is 0.442. The number of ether oxygens (including phenoxy) is 1. The number of esters is 1. The second kappa shape index (κ2) is 6.63. The van der Waals surface area contributed by atoms with E-state index in [0.717, 1.165) is 24.7 Å². The van der Waals surface area contributed by atoms with Crippen molar-refractivity contribution in [2.75, 3.05) is 6.61 Å². The van der Waals surface area contributed by atoms with E-state index in [1.807, 2.05) is 6.08 Å². The molecule has 1 N–H and O–H groups in total. The lowest BCUT2D eigenvalue weighted by Gasteiger charge is -2.60. The van der Waals surface area contributed by atoms with Crippen LogP contribution >= 0.6 is 0 Å². The van der Waals surface area contributed by atoms with Gasteiger partial charge in [0, 0.05) is 0 Å². The highest BCUT2D eigenvalue weighted by Crippen LogP contribution is 2.72. The molecule has 4 atom stereocenters. The lowest BCUT2D eigenvalue weighted by molar-refractivity contribution is -0.135. The van der Waals surface area contributed by atoms with Gasteiger partial charge in [0.2, 0.25) is 6.41 Å². The van der Waals surface area contributed by atoms with Gasteiger partial charge in [0.05, 0.1) is 11.6 Å². The number of rotatable bonds is 5. The Labute approximate surface area is 163 Å². The van der Waals surface area contributed by atoms with Gasteiger partial charge in [-0.15, -0.1) is 0 Å². The van der Waals surface area contributed by atoms with Gasteiger partial charge in [0.15, 0.2) is 0 Å². The van der Waals surface area contributed by atoms with Crippen LogP contribution in [0.3, 0.4) is 0 Å². The van der Waals surface area contributed by atoms with Crippen LogP contribution in [0.5, 0.6) is 0 Å². The van der Waals surface area contributed by atoms with Crippen LogP contribution in [-0.2, 0) is 14.3 Å². The Hall–Kier alpha value is -1.32. The minimum absolute atomic E-state index is 0.262. The molecule has 1 heterocycles. The zero-order chi connectivity index (χ0) is 19.3. The van der Waals surface area contributed by atoms with E-state index in [1.54, 1.807) is 0 Å². The van der Waals surface area contributed by atoms with Crippen molar-refractivity contribution in [3.8, 4) is 0 Å². The molecule has 0 radical (unpaired) electrons. The largest absolute Gasteiger partial charge is 0.460 e. The summed E-state index contributed by atoms with van der Waals surface area (Å²) in [7, 11) is 0. The molecule has 3 saturated carbocycles. The van der Waals surface area contributed by atoms with Gasteiger partial charge < -0.3 is 10.1 Å². The average Bonchev–Trinajstić information content (AvgIpc) is 3.28. The Morgan fingerprint density at radius 1 is 1.15 bits per heavy atom. The smallest absolute Gasteiger partial charge is 0.336 e. The molecular weight excluding hydrogens is 338 g/mol. The third-order valence-corrected chi connectivity index (χ3v) is 8.72. The minimum Gasteiger partial charge on any atom is -0.460 e. The standard InChI is InChI=1S/C23H35NO3/c1-21(2)9-5-10-22(3)18(21)8-11-23(12-13-23)19(22)7-4-6-16-17(24-15-25)14-27-20(16)26/h6,15,17-19H,4-5,7-14H2,1-3H3,(H,24,25)/b16-6+/t17-,18+,19-,22+/m1/s1. The highest BCUT2D eigenvalue weighted by atomic mass is 16.5. The topological polar surface area (TPSA) is 55.4 Å². The number of hydrogen-bond donors (Lipinski definition) is 1. The maximum atomic E-state index is 12.0. The molecule has 4 aliphatic rings. The number of amides is 1. The zero-order valence-corrected chi connectivity index (χ0v) is 17.2. The van der Waals surface area contributed by atoms with E-state index in [-0.39, 0.29) is 18.6 Å². The number of hydrogen-bond acceptors (Lipinski definition) is 3. The van der Waals surface area contributed by atoms with Crippen molar-refractivity contribution >= 4 is 12.4 Å². The van der Waals surface area contributed by atoms with Crippen LogP contribution in [0.25, 0.3) is 0 Å². The van der Waals surface area contributed by atoms with Crippen molar-refractivity contribution < 1.29 is 14.3 Å². The molecule has 0 aromatic heterocycles. The second-order valence-electron chi connectivity index (χ2n) is 10.5. The van der Waals surface area contributed by atoms with Gasteiger partial charge >= 0.3 is 5.97 Å². The first kappa shape index (κ1) is 19.0. The van der Waals surface area contributed by atoms with Gasteiger partial charge in [-0.1, -0.05) is 33.3 Å². The highest BCUT2D eigenvalue weighted by Gasteiger charge is 2.62. The fraction of sp³-hybridized carbons (Fsp3) is 0.826. The Kier molecular flexibility index (Phi) is 4.67. The summed E-state index contributed by atoms with van der Waals surface area (Å²) in [4.78, 5) is 22.8. The number of carbonyl (C=O) groups excluding carboxylic acids is 2. The van der Waals surface area contributed by atoms with Crippen molar-refractivity contribution in [3.63, 3.8) is 0 Å². The molecule has 0 aromatic carbocycles. The first-order valence-electron chi connectivity index (χ1n) is 10.9. The first-order valence-corrected chi connectivity index (χ1v) is 10.9. The van der Waals surface area contributed by atoms with Crippen molar-refractivity contribution in [3.05, 3.63) is 11.6 Å². The molecule has 3 aliphatic carbocycles. The molecule has 27 heavy (non-hydrogen) atoms. The molecule has 1 saturated heterocycles. The van der Waals surface area contributed by atoms with Crippen molar-refractivity contribution in [1.82, 2.24) is 5.32 Å². The Morgan fingerprint density at radius 3 is 2.63 bits per heavy atom. The van der Waals surface area contributed by atoms with Crippen LogP contribution in [0.2, 0.25) is 0 Å². The van der Waals surface area contributed by atoms with Crippen molar-refractivity contribution in [1.29, 1.82) is 0 Å². The second-order valence-corrected chi connectivity index (χ2v) is 10.5. The molecule has 4 rings (SSSR count). The molecule has 1 spiro atoms. The molecule has 4 heteroatoms. The van der Waals surface area contributed by atoms with Gasteiger partial charge in [0.1, 0.15) is 6.61 Å². The van der Waals surface area contributed by atoms with Crippen molar-refractivity contribution in [2.24, 2.45) is 28.1 Å². The zero-order valence-electron chi connectivity index (χ0n) is 17.2. The summed E-state index contributed by atoms with van der Waals surface area (Å²) in [6.07, 6.45) is 14.5. The summed E-state index contributed by atoms with van der Waals surface area (Å²) in [5, 5.41) is 2.71. The molecule has 0 bridgehead atoms. The van der Waals surface area contributed by atoms with E-state index in [0.29, 0.717) is 28.2 Å². The van der Waals surface area contributed by atoms with E-state index in [9.17, 15) is 9.59 Å². The minimum atomic E-state index is -0.270. The number of nitrogens with one attached hydrogen (secondary N) is 1. The fourth-order valence-corrected chi connectivity index (χ4v) is 7.33. The number of cyclic esters (lactones) is 1. The lowest BCUT2D eigenvalue weighted by atomic mass is 9.45. The molecule has 1 aliphatic heterocycles. The summed E-state index contributed by atoms with van der Waals surface area (Å²) < 4.78 is 5.13. The Bertz CT molecular complexity index is 648. The Balaban J connectivity index is 1.52. The normalized spacial score (nSPS) is 40.5. The monoisotopic (exact) mass is 373 g/mol. The summed E-state index contributed by atoms with van der Waals surface area (Å²) in [6.45, 7) is 7.83. The molecule has 4 fully saturated rings. The number of carbonyl (C=O) groups is 2. The SMILES string of the molecule is CC1(C)CCC[C@@]2(C)[C@H]1CCC1(CC1)[C@@H]2CC/C=C1/C(=O)OC[C@H]1NC=O. The van der Waals surface area contributed by atoms with Gasteiger partial charge in [0.25, 0.3) is 0 Å². The van der Waals surface area contributed by atoms with Gasteiger partial charge in [-0.25, -0.2) is 4.79 Å². The molecule has 0 aromatic rings. The van der Waals surface area contributed by atoms with Gasteiger partial charge in [-0.2, -0.15) is 0 Å². The summed E-state index contributed by atoms with van der Waals surface area (Å²) in [6, 6.07) is -0.270. The summed E-state index contributed by atoms with van der Waals surface area (Å²) in [5.74, 6) is 1.32. The van der Waals surface area contributed by atoms with E-state index in [1.165, 1.54) is 44.9 Å². The van der Waals surface area contributed by atoms with Gasteiger partial charge in [-0.05, 0) is 79.4 Å². The van der Waals surface area contributed by atoms with Gasteiger partial charge in [-0.3, -0.25) is 4.79 Å². The highest BCUT2D eigenvalue weighted by molar-refractivity contribution is 5.92. The van der Waals surface area contributed by atoms with Crippen LogP contribution in [0.15, 0.2) is 11.6 Å². The maximum absolute atomic E-state index is 12.0. The fourth-order valence-electron chi connectivity index (χ4n) is 7.33. The predicted molar refractivity (Wildman–Crippen MR) is 105 cm³/mol. The number of fused-ring (bicyclic) bond motifs is 1. The van der Waals surface area contributed by atoms with Crippen molar-refractivity contribution in [2.45, 2.75) is 84.6 Å². The lowest BCUT2D eigenvalue weighted by Crippen LogP contribution is -2.52. The predicted octanol–water partition coefficient (Wildman–Crippen LogP) is 4.39. The van der Waals surface area contributed by atoms with E-state index in [4.69, 9.17) is 4.74 Å². The van der Waals surface area contributed by atoms with Crippen LogP contribution in [0.4, 0.5) is 0 Å². The molecule has 0 unspecified atom stereocenters. The number of allylic oxidation sites excluding steroid dienone is 1. The average molecular weight is 374 g/mol. The summed E-state index contributed by atoms with van der Waals surface area (Å²) >= 11 is 0. The van der Waals surface area contributed by atoms with Crippen LogP contribution in [-0.4, -0.2) is 25.0 Å². The molecular formula is C23H35NO3. The maximum Gasteiger partial charge on any atom is 0.336 e. The van der Waals surface area contributed by atoms with E-state index >= 15 is 0 Å². The third-order valence-electron chi connectivity index (χ3n) is 8.72. The molecule has 1 amide bonds. The van der Waals surface area contributed by atoms with Crippen LogP contribution < -0.4 is 5.32 Å². The Morgan fingerprint density at radius 2 is 1.93 bits per heavy atom. The van der Waals surface area contributed by atoms with E-state index < -0.39 is 0 Å². The third kappa shape index (κ3) is 3.13. The molecule has 4 nitrogen and oxygen atoms in total. The summed E-state index contributed by atoms with van der Waals surface area (Å²) in [5.41, 5.74) is 2.11. The first-order chi connectivity index (χ1) is 12.8. The van der Waals surface area contributed by atoms with Crippen LogP contribution in [0, 0.1) is 28.1 Å². The van der Waals surface area contributed by atoms with E-state index in [2.05, 4.69) is 26.1 Å².